The standard InChI is InChI=1S/C16H18ClNO5/c1-3-22-15(20)14(16(21)23-4-2)18-13(19)10-7-11-5-8-12(17)9-6-11/h5-10,14H,3-4H2,1-2H3,(H,18,19)/b10-7+. The fourth-order valence-corrected chi connectivity index (χ4v) is 1.73. The van der Waals surface area contributed by atoms with Crippen molar-refractivity contribution >= 4 is 35.5 Å². The summed E-state index contributed by atoms with van der Waals surface area (Å²) in [5, 5.41) is 2.85. The zero-order valence-electron chi connectivity index (χ0n) is 12.9. The summed E-state index contributed by atoms with van der Waals surface area (Å²) in [7, 11) is 0. The maximum atomic E-state index is 11.9. The zero-order chi connectivity index (χ0) is 17.2. The highest BCUT2D eigenvalue weighted by Crippen LogP contribution is 2.10. The lowest BCUT2D eigenvalue weighted by atomic mass is 10.2. The molecule has 0 saturated carbocycles. The SMILES string of the molecule is CCOC(=O)C(NC(=O)/C=C/c1ccc(Cl)cc1)C(=O)OCC. The molecule has 0 fully saturated rings. The molecule has 1 amide bonds. The number of carbonyl (C=O) groups is 3. The number of carbonyl (C=O) groups excluding carboxylic acids is 3. The van der Waals surface area contributed by atoms with Crippen molar-refractivity contribution in [2.24, 2.45) is 0 Å². The minimum Gasteiger partial charge on any atom is -0.464 e. The van der Waals surface area contributed by atoms with Gasteiger partial charge < -0.3 is 14.8 Å². The van der Waals surface area contributed by atoms with Crippen molar-refractivity contribution in [3.05, 3.63) is 40.9 Å². The van der Waals surface area contributed by atoms with E-state index in [1.807, 2.05) is 0 Å². The Morgan fingerprint density at radius 1 is 1.09 bits per heavy atom. The average molecular weight is 340 g/mol. The van der Waals surface area contributed by atoms with Crippen LogP contribution in [0.3, 0.4) is 0 Å². The molecule has 1 rings (SSSR count). The first-order chi connectivity index (χ1) is 11.0. The molecule has 6 nitrogen and oxygen atoms in total. The van der Waals surface area contributed by atoms with Crippen LogP contribution in [0.2, 0.25) is 5.02 Å². The minimum atomic E-state index is -1.49. The van der Waals surface area contributed by atoms with Crippen molar-refractivity contribution < 1.29 is 23.9 Å². The van der Waals surface area contributed by atoms with Crippen molar-refractivity contribution in [1.29, 1.82) is 0 Å². The van der Waals surface area contributed by atoms with Crippen LogP contribution in [0.25, 0.3) is 6.08 Å². The summed E-state index contributed by atoms with van der Waals surface area (Å²) in [5.41, 5.74) is 0.744. The maximum absolute atomic E-state index is 11.9. The molecule has 0 radical (unpaired) electrons. The summed E-state index contributed by atoms with van der Waals surface area (Å²) in [6.45, 7) is 3.38. The lowest BCUT2D eigenvalue weighted by Gasteiger charge is -2.14. The fourth-order valence-electron chi connectivity index (χ4n) is 1.60. The molecule has 0 spiro atoms. The van der Waals surface area contributed by atoms with E-state index in [2.05, 4.69) is 5.32 Å². The Kier molecular flexibility index (Phi) is 7.83. The van der Waals surface area contributed by atoms with Crippen molar-refractivity contribution in [3.8, 4) is 0 Å². The third-order valence-electron chi connectivity index (χ3n) is 2.63. The normalized spacial score (nSPS) is 10.6. The van der Waals surface area contributed by atoms with Gasteiger partial charge in [-0.15, -0.1) is 0 Å². The van der Waals surface area contributed by atoms with Crippen LogP contribution < -0.4 is 5.32 Å². The van der Waals surface area contributed by atoms with Gasteiger partial charge in [0.1, 0.15) is 0 Å². The van der Waals surface area contributed by atoms with E-state index in [1.54, 1.807) is 38.1 Å². The predicted octanol–water partition coefficient (Wildman–Crippen LogP) is 1.96. The van der Waals surface area contributed by atoms with Crippen LogP contribution in [0.1, 0.15) is 19.4 Å². The van der Waals surface area contributed by atoms with Crippen LogP contribution >= 0.6 is 11.6 Å². The van der Waals surface area contributed by atoms with Crippen LogP contribution in [0.15, 0.2) is 30.3 Å². The van der Waals surface area contributed by atoms with Gasteiger partial charge in [-0.1, -0.05) is 23.7 Å². The van der Waals surface area contributed by atoms with E-state index in [0.717, 1.165) is 5.56 Å². The molecule has 1 aromatic carbocycles. The van der Waals surface area contributed by atoms with Crippen LogP contribution in [-0.4, -0.2) is 37.1 Å². The monoisotopic (exact) mass is 339 g/mol. The second kappa shape index (κ2) is 9.63. The van der Waals surface area contributed by atoms with Gasteiger partial charge in [-0.3, -0.25) is 4.79 Å². The lowest BCUT2D eigenvalue weighted by molar-refractivity contribution is -0.159. The molecule has 0 aliphatic carbocycles. The number of hydrogen-bond acceptors (Lipinski definition) is 5. The van der Waals surface area contributed by atoms with Gasteiger partial charge in [0.25, 0.3) is 0 Å². The van der Waals surface area contributed by atoms with Crippen molar-refractivity contribution in [3.63, 3.8) is 0 Å². The largest absolute Gasteiger partial charge is 0.464 e. The average Bonchev–Trinajstić information content (AvgIpc) is 2.52. The number of rotatable bonds is 7. The first-order valence-corrected chi connectivity index (χ1v) is 7.43. The van der Waals surface area contributed by atoms with Gasteiger partial charge in [0, 0.05) is 11.1 Å². The number of nitrogens with one attached hydrogen (secondary N) is 1. The van der Waals surface area contributed by atoms with Gasteiger partial charge in [-0.05, 0) is 37.6 Å². The summed E-state index contributed by atoms with van der Waals surface area (Å²) in [5.74, 6) is -2.34. The Labute approximate surface area is 139 Å². The molecule has 0 aliphatic rings. The minimum absolute atomic E-state index is 0.0885. The fraction of sp³-hybridized carbons (Fsp3) is 0.312. The number of amides is 1. The van der Waals surface area contributed by atoms with Gasteiger partial charge in [0.05, 0.1) is 13.2 Å². The number of hydrogen-bond donors (Lipinski definition) is 1. The van der Waals surface area contributed by atoms with Gasteiger partial charge in [0.15, 0.2) is 0 Å². The second-order valence-corrected chi connectivity index (χ2v) is 4.77. The Hall–Kier alpha value is -2.34. The zero-order valence-corrected chi connectivity index (χ0v) is 13.6. The van der Waals surface area contributed by atoms with Crippen LogP contribution in [0.5, 0.6) is 0 Å². The smallest absolute Gasteiger partial charge is 0.340 e. The number of benzene rings is 1. The molecular formula is C16H18ClNO5. The molecular weight excluding hydrogens is 322 g/mol. The highest BCUT2D eigenvalue weighted by Gasteiger charge is 2.30. The van der Waals surface area contributed by atoms with E-state index < -0.39 is 23.9 Å². The number of ether oxygens (including phenoxy) is 2. The summed E-state index contributed by atoms with van der Waals surface area (Å²) in [6, 6.07) is 5.32. The lowest BCUT2D eigenvalue weighted by Crippen LogP contribution is -2.47. The van der Waals surface area contributed by atoms with Crippen molar-refractivity contribution in [2.45, 2.75) is 19.9 Å². The van der Waals surface area contributed by atoms with Gasteiger partial charge >= 0.3 is 11.9 Å². The molecule has 0 heterocycles. The van der Waals surface area contributed by atoms with E-state index in [0.29, 0.717) is 5.02 Å². The van der Waals surface area contributed by atoms with E-state index in [9.17, 15) is 14.4 Å². The van der Waals surface area contributed by atoms with Gasteiger partial charge in [0.2, 0.25) is 11.9 Å². The summed E-state index contributed by atoms with van der Waals surface area (Å²) in [4.78, 5) is 35.3. The van der Waals surface area contributed by atoms with Crippen molar-refractivity contribution in [1.82, 2.24) is 5.32 Å². The molecule has 1 aromatic rings. The highest BCUT2D eigenvalue weighted by molar-refractivity contribution is 6.30. The van der Waals surface area contributed by atoms with E-state index in [-0.39, 0.29) is 13.2 Å². The summed E-state index contributed by atoms with van der Waals surface area (Å²) in [6.07, 6.45) is 2.73. The molecule has 0 unspecified atom stereocenters. The molecule has 7 heteroatoms. The second-order valence-electron chi connectivity index (χ2n) is 4.33. The topological polar surface area (TPSA) is 81.7 Å². The molecule has 1 N–H and O–H groups in total. The highest BCUT2D eigenvalue weighted by atomic mass is 35.5. The van der Waals surface area contributed by atoms with E-state index in [4.69, 9.17) is 21.1 Å². The summed E-state index contributed by atoms with van der Waals surface area (Å²) >= 11 is 5.77. The molecule has 0 atom stereocenters. The molecule has 0 saturated heterocycles. The third-order valence-corrected chi connectivity index (χ3v) is 2.88. The van der Waals surface area contributed by atoms with Crippen LogP contribution in [0.4, 0.5) is 0 Å². The van der Waals surface area contributed by atoms with Crippen molar-refractivity contribution in [2.75, 3.05) is 13.2 Å². The van der Waals surface area contributed by atoms with Gasteiger partial charge in [-0.25, -0.2) is 9.59 Å². The Morgan fingerprint density at radius 3 is 2.09 bits per heavy atom. The van der Waals surface area contributed by atoms with E-state index >= 15 is 0 Å². The number of halogens is 1. The Bertz CT molecular complexity index is 565. The summed E-state index contributed by atoms with van der Waals surface area (Å²) < 4.78 is 9.51. The van der Waals surface area contributed by atoms with Gasteiger partial charge in [-0.2, -0.15) is 0 Å². The van der Waals surface area contributed by atoms with E-state index in [1.165, 1.54) is 12.2 Å². The molecule has 0 aliphatic heterocycles. The Balaban J connectivity index is 2.73. The molecule has 124 valence electrons. The van der Waals surface area contributed by atoms with Crippen LogP contribution in [-0.2, 0) is 23.9 Å². The Morgan fingerprint density at radius 2 is 1.61 bits per heavy atom. The third kappa shape index (κ3) is 6.52. The molecule has 0 aromatic heterocycles. The maximum Gasteiger partial charge on any atom is 0.340 e. The quantitative estimate of drug-likeness (QED) is 0.466. The van der Waals surface area contributed by atoms with Crippen LogP contribution in [0, 0.1) is 0 Å². The predicted molar refractivity (Wildman–Crippen MR) is 85.7 cm³/mol. The first kappa shape index (κ1) is 18.7. The molecule has 0 bridgehead atoms. The first-order valence-electron chi connectivity index (χ1n) is 7.05. The number of esters is 2. The molecule has 23 heavy (non-hydrogen) atoms.